The first-order chi connectivity index (χ1) is 14.2. The largest absolute Gasteiger partial charge is 0.385 e. The molecule has 9 aliphatic carbocycles. The van der Waals surface area contributed by atoms with Crippen LogP contribution in [-0.2, 0) is 0 Å². The lowest BCUT2D eigenvalue weighted by Crippen LogP contribution is -2.67. The van der Waals surface area contributed by atoms with Crippen LogP contribution in [0.15, 0.2) is 33.4 Å². The van der Waals surface area contributed by atoms with Gasteiger partial charge in [0, 0.05) is 5.41 Å². The van der Waals surface area contributed by atoms with Crippen molar-refractivity contribution in [2.45, 2.75) is 106 Å². The molecule has 0 heterocycles. The third kappa shape index (κ3) is 1.99. The average Bonchev–Trinajstić information content (AvgIpc) is 2.69. The van der Waals surface area contributed by atoms with Gasteiger partial charge in [-0.3, -0.25) is 0 Å². The van der Waals surface area contributed by atoms with E-state index in [9.17, 15) is 5.11 Å². The molecule has 1 nitrogen and oxygen atoms in total. The predicted molar refractivity (Wildman–Crippen MR) is 128 cm³/mol. The van der Waals surface area contributed by atoms with Gasteiger partial charge in [0.15, 0.2) is 0 Å². The fraction of sp³-hybridized carbons (Fsp3) is 0.800. The van der Waals surface area contributed by atoms with Crippen molar-refractivity contribution in [1.82, 2.24) is 0 Å². The summed E-state index contributed by atoms with van der Waals surface area (Å²) in [5.41, 5.74) is 9.84. The fourth-order valence-corrected chi connectivity index (χ4v) is 10.1. The Hall–Kier alpha value is -0.820. The molecule has 0 aromatic heterocycles. The first-order valence-electron chi connectivity index (χ1n) is 13.0. The molecule has 1 N–H and O–H groups in total. The Morgan fingerprint density at radius 1 is 0.645 bits per heavy atom. The summed E-state index contributed by atoms with van der Waals surface area (Å²) in [6.45, 7) is 21.9. The maximum atomic E-state index is 12.9. The SMILES string of the molecule is CC1=C2CC(CC1C1([C@]3(O)CC4CC(=C3C)C4(C)C)CC3CC(=C1C)C3(C)C)C2(C)C. The van der Waals surface area contributed by atoms with Crippen molar-refractivity contribution in [2.75, 3.05) is 0 Å². The molecular weight excluding hydrogens is 376 g/mol. The molecule has 0 aliphatic heterocycles. The number of hydrogen-bond donors (Lipinski definition) is 1. The van der Waals surface area contributed by atoms with Gasteiger partial charge in [-0.05, 0) is 105 Å². The van der Waals surface area contributed by atoms with Crippen LogP contribution in [0, 0.1) is 45.3 Å². The summed E-state index contributed by atoms with van der Waals surface area (Å²) in [7, 11) is 0. The van der Waals surface area contributed by atoms with Crippen molar-refractivity contribution < 1.29 is 5.11 Å². The third-order valence-corrected chi connectivity index (χ3v) is 12.9. The molecular formula is C30H44O. The van der Waals surface area contributed by atoms with Gasteiger partial charge in [0.05, 0.1) is 5.60 Å². The van der Waals surface area contributed by atoms with Gasteiger partial charge in [-0.15, -0.1) is 0 Å². The Morgan fingerprint density at radius 3 is 1.58 bits per heavy atom. The van der Waals surface area contributed by atoms with E-state index < -0.39 is 5.60 Å². The Bertz CT molecular complexity index is 997. The molecule has 9 aliphatic rings. The quantitative estimate of drug-likeness (QED) is 0.456. The maximum Gasteiger partial charge on any atom is 0.0958 e. The molecule has 0 aromatic carbocycles. The lowest BCUT2D eigenvalue weighted by Gasteiger charge is -2.71. The van der Waals surface area contributed by atoms with E-state index in [0.717, 1.165) is 18.3 Å². The number of hydrogen-bond acceptors (Lipinski definition) is 1. The summed E-state index contributed by atoms with van der Waals surface area (Å²) in [5.74, 6) is 2.68. The summed E-state index contributed by atoms with van der Waals surface area (Å²) in [6.07, 6.45) is 7.25. The number of fused-ring (bicyclic) bond motifs is 8. The zero-order valence-electron chi connectivity index (χ0n) is 21.5. The molecule has 3 fully saturated rings. The molecule has 5 unspecified atom stereocenters. The van der Waals surface area contributed by atoms with E-state index in [1.165, 1.54) is 37.7 Å². The highest BCUT2D eigenvalue weighted by Crippen LogP contribution is 2.76. The van der Waals surface area contributed by atoms with Gasteiger partial charge in [-0.2, -0.15) is 0 Å². The highest BCUT2D eigenvalue weighted by molar-refractivity contribution is 5.51. The molecule has 6 bridgehead atoms. The first kappa shape index (κ1) is 20.8. The zero-order chi connectivity index (χ0) is 22.5. The molecule has 0 saturated heterocycles. The zero-order valence-corrected chi connectivity index (χ0v) is 21.5. The summed E-state index contributed by atoms with van der Waals surface area (Å²) < 4.78 is 0. The van der Waals surface area contributed by atoms with Crippen LogP contribution in [0.3, 0.4) is 0 Å². The number of allylic oxidation sites excluding steroid dienone is 4. The molecule has 0 radical (unpaired) electrons. The minimum atomic E-state index is -0.661. The smallest absolute Gasteiger partial charge is 0.0958 e. The topological polar surface area (TPSA) is 20.2 Å². The predicted octanol–water partition coefficient (Wildman–Crippen LogP) is 7.62. The van der Waals surface area contributed by atoms with Crippen molar-refractivity contribution in [1.29, 1.82) is 0 Å². The number of rotatable bonds is 2. The van der Waals surface area contributed by atoms with Gasteiger partial charge in [-0.1, -0.05) is 69.4 Å². The molecule has 0 aromatic rings. The second kappa shape index (κ2) is 5.45. The Kier molecular flexibility index (Phi) is 3.65. The lowest BCUT2D eigenvalue weighted by atomic mass is 9.34. The highest BCUT2D eigenvalue weighted by atomic mass is 16.3. The molecule has 170 valence electrons. The average molecular weight is 421 g/mol. The molecule has 0 spiro atoms. The van der Waals surface area contributed by atoms with Crippen molar-refractivity contribution in [2.24, 2.45) is 45.3 Å². The van der Waals surface area contributed by atoms with Crippen LogP contribution in [0.4, 0.5) is 0 Å². The highest BCUT2D eigenvalue weighted by Gasteiger charge is 2.70. The van der Waals surface area contributed by atoms with Gasteiger partial charge in [-0.25, -0.2) is 0 Å². The van der Waals surface area contributed by atoms with Crippen LogP contribution in [0.2, 0.25) is 0 Å². The van der Waals surface area contributed by atoms with Crippen LogP contribution in [-0.4, -0.2) is 10.7 Å². The molecule has 31 heavy (non-hydrogen) atoms. The second-order valence-electron chi connectivity index (χ2n) is 14.3. The molecule has 6 atom stereocenters. The van der Waals surface area contributed by atoms with Gasteiger partial charge in [0.25, 0.3) is 0 Å². The van der Waals surface area contributed by atoms with Crippen molar-refractivity contribution in [3.05, 3.63) is 33.4 Å². The van der Waals surface area contributed by atoms with E-state index in [0.29, 0.717) is 28.1 Å². The Balaban J connectivity index is 1.59. The van der Waals surface area contributed by atoms with Crippen molar-refractivity contribution >= 4 is 0 Å². The van der Waals surface area contributed by atoms with Crippen LogP contribution < -0.4 is 0 Å². The minimum Gasteiger partial charge on any atom is -0.385 e. The molecule has 9 rings (SSSR count). The maximum absolute atomic E-state index is 12.9. The first-order valence-corrected chi connectivity index (χ1v) is 13.0. The van der Waals surface area contributed by atoms with Crippen LogP contribution in [0.25, 0.3) is 0 Å². The summed E-state index contributed by atoms with van der Waals surface area (Å²) in [4.78, 5) is 0. The van der Waals surface area contributed by atoms with Gasteiger partial charge in [0.2, 0.25) is 0 Å². The summed E-state index contributed by atoms with van der Waals surface area (Å²) in [6, 6.07) is 0. The molecule has 1 heteroatoms. The van der Waals surface area contributed by atoms with E-state index >= 15 is 0 Å². The number of aliphatic hydroxyl groups is 1. The molecule has 0 amide bonds. The molecule has 3 saturated carbocycles. The van der Waals surface area contributed by atoms with Gasteiger partial charge in [0.1, 0.15) is 0 Å². The van der Waals surface area contributed by atoms with E-state index in [4.69, 9.17) is 0 Å². The van der Waals surface area contributed by atoms with Gasteiger partial charge < -0.3 is 5.11 Å². The third-order valence-electron chi connectivity index (χ3n) is 12.9. The standard InChI is InChI=1S/C30H44O/c1-16-22-10-19(26(22,4)5)11-23(16)29(14-20-12-24(17(29)2)27(20,6)7)30(31)15-21-13-25(18(30)3)28(21,8)9/h19-21,23,31H,10-15H2,1-9H3/t19?,20?,21?,23?,29?,30-/m0/s1. The van der Waals surface area contributed by atoms with Crippen molar-refractivity contribution in [3.63, 3.8) is 0 Å². The summed E-state index contributed by atoms with van der Waals surface area (Å²) in [5, 5.41) is 12.9. The van der Waals surface area contributed by atoms with E-state index in [1.807, 2.05) is 0 Å². The second-order valence-corrected chi connectivity index (χ2v) is 14.3. The minimum absolute atomic E-state index is 0.0875. The van der Waals surface area contributed by atoms with Crippen LogP contribution in [0.1, 0.15) is 101 Å². The van der Waals surface area contributed by atoms with Crippen molar-refractivity contribution in [3.8, 4) is 0 Å². The van der Waals surface area contributed by atoms with E-state index in [-0.39, 0.29) is 5.41 Å². The van der Waals surface area contributed by atoms with Crippen LogP contribution >= 0.6 is 0 Å². The van der Waals surface area contributed by atoms with Gasteiger partial charge >= 0.3 is 0 Å². The van der Waals surface area contributed by atoms with E-state index in [2.05, 4.69) is 62.3 Å². The Morgan fingerprint density at radius 2 is 1.13 bits per heavy atom. The normalized spacial score (nSPS) is 48.2. The fourth-order valence-electron chi connectivity index (χ4n) is 10.1. The van der Waals surface area contributed by atoms with Crippen LogP contribution in [0.5, 0.6) is 0 Å². The summed E-state index contributed by atoms with van der Waals surface area (Å²) >= 11 is 0. The Labute approximate surface area is 190 Å². The lowest BCUT2D eigenvalue weighted by molar-refractivity contribution is -0.148. The monoisotopic (exact) mass is 420 g/mol. The van der Waals surface area contributed by atoms with E-state index in [1.54, 1.807) is 27.9 Å².